The van der Waals surface area contributed by atoms with E-state index in [4.69, 9.17) is 12.2 Å². The minimum atomic E-state index is -0.449. The molecule has 0 unspecified atom stereocenters. The Morgan fingerprint density at radius 3 is 1.83 bits per heavy atom. The normalized spacial score (nSPS) is 16.1. The highest BCUT2D eigenvalue weighted by Crippen LogP contribution is 2.26. The van der Waals surface area contributed by atoms with E-state index in [0.717, 1.165) is 0 Å². The second-order valence-electron chi connectivity index (χ2n) is 7.91. The number of likely N-dealkylation sites (tertiary alicyclic amines) is 1. The largest absolute Gasteiger partial charge is 0.349 e. The molecule has 0 bridgehead atoms. The van der Waals surface area contributed by atoms with Crippen molar-refractivity contribution in [2.75, 3.05) is 18.8 Å². The van der Waals surface area contributed by atoms with E-state index in [1.54, 1.807) is 65.6 Å². The zero-order valence-corrected chi connectivity index (χ0v) is 20.3. The lowest BCUT2D eigenvalue weighted by Gasteiger charge is -2.31. The predicted octanol–water partition coefficient (Wildman–Crippen LogP) is 6.22. The average Bonchev–Trinajstić information content (AvgIpc) is 2.87. The van der Waals surface area contributed by atoms with Crippen LogP contribution in [-0.4, -0.2) is 39.6 Å². The number of Topliss-reactive ketones (excluding diaryl/α,β-unsaturated/α-hetero) is 2. The van der Waals surface area contributed by atoms with Crippen molar-refractivity contribution in [3.63, 3.8) is 0 Å². The minimum absolute atomic E-state index is 0.0599. The number of hydrogen-bond acceptors (Lipinski definition) is 4. The van der Waals surface area contributed by atoms with Crippen molar-refractivity contribution in [2.45, 2.75) is 0 Å². The number of carbonyl (C=O) groups excluding carboxylic acids is 2. The molecule has 176 valence electrons. The summed E-state index contributed by atoms with van der Waals surface area (Å²) < 4.78 is 29.0. The Bertz CT molecular complexity index is 1270. The van der Waals surface area contributed by atoms with Gasteiger partial charge in [0.05, 0.1) is 5.75 Å². The smallest absolute Gasteiger partial charge is 0.188 e. The van der Waals surface area contributed by atoms with E-state index in [0.29, 0.717) is 21.0 Å². The van der Waals surface area contributed by atoms with Gasteiger partial charge in [0.2, 0.25) is 0 Å². The second-order valence-corrected chi connectivity index (χ2v) is 9.52. The van der Waals surface area contributed by atoms with Gasteiger partial charge in [-0.1, -0.05) is 90.7 Å². The van der Waals surface area contributed by atoms with Crippen LogP contribution < -0.4 is 0 Å². The quantitative estimate of drug-likeness (QED) is 0.234. The molecule has 1 aliphatic heterocycles. The van der Waals surface area contributed by atoms with Crippen LogP contribution in [0.15, 0.2) is 90.0 Å². The van der Waals surface area contributed by atoms with Crippen molar-refractivity contribution in [1.29, 1.82) is 0 Å². The lowest BCUT2D eigenvalue weighted by atomic mass is 9.94. The Kier molecular flexibility index (Phi) is 8.00. The van der Waals surface area contributed by atoms with Gasteiger partial charge in [-0.3, -0.25) is 9.59 Å². The van der Waals surface area contributed by atoms with Gasteiger partial charge < -0.3 is 4.90 Å². The average molecular weight is 506 g/mol. The number of ketones is 2. The molecule has 1 fully saturated rings. The maximum absolute atomic E-state index is 14.3. The molecule has 1 saturated heterocycles. The van der Waals surface area contributed by atoms with Crippen LogP contribution in [0.1, 0.15) is 21.5 Å². The third kappa shape index (κ3) is 6.18. The van der Waals surface area contributed by atoms with Crippen LogP contribution in [0.5, 0.6) is 0 Å². The van der Waals surface area contributed by atoms with Crippen LogP contribution in [0.25, 0.3) is 12.2 Å². The third-order valence-corrected chi connectivity index (χ3v) is 6.98. The Morgan fingerprint density at radius 1 is 0.829 bits per heavy atom. The Morgan fingerprint density at radius 2 is 1.31 bits per heavy atom. The van der Waals surface area contributed by atoms with E-state index in [1.807, 2.05) is 6.07 Å². The molecule has 35 heavy (non-hydrogen) atoms. The predicted molar refractivity (Wildman–Crippen MR) is 141 cm³/mol. The van der Waals surface area contributed by atoms with Crippen molar-refractivity contribution in [3.05, 3.63) is 118 Å². The van der Waals surface area contributed by atoms with Crippen LogP contribution in [0.3, 0.4) is 0 Å². The molecule has 3 aromatic rings. The summed E-state index contributed by atoms with van der Waals surface area (Å²) in [5.41, 5.74) is 1.82. The molecule has 0 saturated carbocycles. The fraction of sp³-hybridized carbons (Fsp3) is 0.107. The summed E-state index contributed by atoms with van der Waals surface area (Å²) in [4.78, 5) is 27.6. The molecule has 0 atom stereocenters. The number of rotatable bonds is 5. The fourth-order valence-corrected chi connectivity index (χ4v) is 4.69. The Balaban J connectivity index is 1.61. The number of benzene rings is 3. The van der Waals surface area contributed by atoms with Crippen LogP contribution >= 0.6 is 24.0 Å². The number of halogens is 2. The lowest BCUT2D eigenvalue weighted by Crippen LogP contribution is -2.40. The van der Waals surface area contributed by atoms with Crippen molar-refractivity contribution in [1.82, 2.24) is 4.90 Å². The number of thioether (sulfide) groups is 1. The molecule has 3 aromatic carbocycles. The van der Waals surface area contributed by atoms with Crippen LogP contribution in [0.2, 0.25) is 0 Å². The first kappa shape index (κ1) is 24.7. The number of carbonyl (C=O) groups is 2. The van der Waals surface area contributed by atoms with E-state index < -0.39 is 11.6 Å². The maximum atomic E-state index is 14.3. The van der Waals surface area contributed by atoms with Gasteiger partial charge in [-0.25, -0.2) is 8.78 Å². The van der Waals surface area contributed by atoms with Crippen molar-refractivity contribution >= 4 is 52.0 Å². The van der Waals surface area contributed by atoms with Gasteiger partial charge in [-0.15, -0.1) is 0 Å². The van der Waals surface area contributed by atoms with Gasteiger partial charge in [-0.05, 0) is 24.3 Å². The minimum Gasteiger partial charge on any atom is -0.349 e. The highest BCUT2D eigenvalue weighted by Gasteiger charge is 2.28. The molecule has 0 radical (unpaired) electrons. The molecular formula is C28H21F2NO2S2. The molecule has 1 aliphatic rings. The standard InChI is InChI=1S/C28H21F2NO2S2/c29-24-12-6-4-10-20(24)14-22-16-31(28(34)35-18-26(32)19-8-2-1-3-9-19)17-23(27(22)33)15-21-11-5-7-13-25(21)30/h1-15H,16-18H2/b22-14+,23-15+. The molecule has 0 amide bonds. The summed E-state index contributed by atoms with van der Waals surface area (Å²) in [6, 6.07) is 21.3. The highest BCUT2D eigenvalue weighted by atomic mass is 32.2. The van der Waals surface area contributed by atoms with Crippen LogP contribution in [0, 0.1) is 11.6 Å². The first-order valence-corrected chi connectivity index (χ1v) is 12.3. The number of thiocarbonyl (C=S) groups is 1. The monoisotopic (exact) mass is 505 g/mol. The Labute approximate surface area is 212 Å². The summed E-state index contributed by atoms with van der Waals surface area (Å²) in [6.07, 6.45) is 3.00. The van der Waals surface area contributed by atoms with E-state index in [9.17, 15) is 18.4 Å². The van der Waals surface area contributed by atoms with Gasteiger partial charge in [-0.2, -0.15) is 0 Å². The highest BCUT2D eigenvalue weighted by molar-refractivity contribution is 8.23. The second kappa shape index (κ2) is 11.3. The summed E-state index contributed by atoms with van der Waals surface area (Å²) in [5, 5.41) is 0. The molecule has 7 heteroatoms. The first-order chi connectivity index (χ1) is 16.9. The van der Waals surface area contributed by atoms with Crippen molar-refractivity contribution in [2.24, 2.45) is 0 Å². The third-order valence-electron chi connectivity index (χ3n) is 5.46. The topological polar surface area (TPSA) is 37.4 Å². The molecule has 1 heterocycles. The van der Waals surface area contributed by atoms with Gasteiger partial charge >= 0.3 is 0 Å². The summed E-state index contributed by atoms with van der Waals surface area (Å²) in [6.45, 7) is 0.320. The van der Waals surface area contributed by atoms with Crippen molar-refractivity contribution < 1.29 is 18.4 Å². The zero-order chi connectivity index (χ0) is 24.8. The van der Waals surface area contributed by atoms with Gasteiger partial charge in [0.25, 0.3) is 0 Å². The summed E-state index contributed by atoms with van der Waals surface area (Å²) >= 11 is 6.79. The molecule has 0 aliphatic carbocycles. The van der Waals surface area contributed by atoms with Gasteiger partial charge in [0.15, 0.2) is 11.6 Å². The van der Waals surface area contributed by atoms with Crippen LogP contribution in [0.4, 0.5) is 8.78 Å². The number of hydrogen-bond donors (Lipinski definition) is 0. The zero-order valence-electron chi connectivity index (χ0n) is 18.6. The van der Waals surface area contributed by atoms with Gasteiger partial charge in [0.1, 0.15) is 16.0 Å². The lowest BCUT2D eigenvalue weighted by molar-refractivity contribution is -0.113. The molecular weight excluding hydrogens is 484 g/mol. The summed E-state index contributed by atoms with van der Waals surface area (Å²) in [7, 11) is 0. The summed E-state index contributed by atoms with van der Waals surface area (Å²) in [5.74, 6) is -1.10. The molecule has 0 spiro atoms. The fourth-order valence-electron chi connectivity index (χ4n) is 3.65. The molecule has 3 nitrogen and oxygen atoms in total. The first-order valence-electron chi connectivity index (χ1n) is 10.9. The van der Waals surface area contributed by atoms with Crippen LogP contribution in [-0.2, 0) is 4.79 Å². The number of nitrogens with zero attached hydrogens (tertiary/aromatic N) is 1. The molecule has 0 N–H and O–H groups in total. The Hall–Kier alpha value is -3.42. The van der Waals surface area contributed by atoms with Crippen molar-refractivity contribution in [3.8, 4) is 0 Å². The van der Waals surface area contributed by atoms with Gasteiger partial charge in [0, 0.05) is 40.9 Å². The number of piperidine rings is 1. The van der Waals surface area contributed by atoms with E-state index in [-0.39, 0.29) is 41.5 Å². The van der Waals surface area contributed by atoms with E-state index >= 15 is 0 Å². The maximum Gasteiger partial charge on any atom is 0.188 e. The van der Waals surface area contributed by atoms with E-state index in [2.05, 4.69) is 0 Å². The molecule has 0 aromatic heterocycles. The SMILES string of the molecule is O=C1/C(=C/c2ccccc2F)CN(C(=S)SCC(=O)c2ccccc2)C/C1=C\c1ccccc1F. The molecule has 4 rings (SSSR count). The van der Waals surface area contributed by atoms with E-state index in [1.165, 1.54) is 36.0 Å².